The van der Waals surface area contributed by atoms with Crippen molar-refractivity contribution in [3.8, 4) is 17.0 Å². The van der Waals surface area contributed by atoms with E-state index < -0.39 is 36.0 Å². The van der Waals surface area contributed by atoms with E-state index in [-0.39, 0.29) is 35.9 Å². The number of hydrogen-bond donors (Lipinski definition) is 1. The second-order valence-corrected chi connectivity index (χ2v) is 13.2. The van der Waals surface area contributed by atoms with E-state index in [9.17, 15) is 18.7 Å². The molecule has 0 aliphatic carbocycles. The van der Waals surface area contributed by atoms with Crippen LogP contribution in [0.15, 0.2) is 64.3 Å². The van der Waals surface area contributed by atoms with Crippen molar-refractivity contribution in [2.75, 3.05) is 49.0 Å². The van der Waals surface area contributed by atoms with Crippen molar-refractivity contribution in [2.45, 2.75) is 48.6 Å². The van der Waals surface area contributed by atoms with Crippen LogP contribution in [0.25, 0.3) is 33.2 Å². The van der Waals surface area contributed by atoms with Crippen molar-refractivity contribution in [3.63, 3.8) is 0 Å². The predicted molar refractivity (Wildman–Crippen MR) is 178 cm³/mol. The minimum atomic E-state index is -2.98. The van der Waals surface area contributed by atoms with E-state index in [1.165, 1.54) is 4.90 Å². The number of carboxylic acids is 1. The molecule has 0 saturated carbocycles. The molecule has 3 aliphatic rings. The SMILES string of the molecule is CSc1cc(-c2cnc(O[C@H]3CC(C(=O)O)N(c4nc(C(F)F)nc5c4oc4ccccc45)C3)c(N3CCOC4(COC4)[C@@H]3C)c2)ccn1. The summed E-state index contributed by atoms with van der Waals surface area (Å²) in [4.78, 5) is 33.7. The number of aromatic nitrogens is 4. The largest absolute Gasteiger partial charge is 0.480 e. The average Bonchev–Trinajstić information content (AvgIpc) is 3.69. The van der Waals surface area contributed by atoms with Gasteiger partial charge in [-0.25, -0.2) is 33.5 Å². The van der Waals surface area contributed by atoms with Crippen molar-refractivity contribution >= 4 is 51.3 Å². The molecule has 0 bridgehead atoms. The molecule has 15 heteroatoms. The van der Waals surface area contributed by atoms with Crippen LogP contribution in [0.3, 0.4) is 0 Å². The number of benzene rings is 1. The van der Waals surface area contributed by atoms with Crippen molar-refractivity contribution in [1.82, 2.24) is 19.9 Å². The molecule has 49 heavy (non-hydrogen) atoms. The minimum Gasteiger partial charge on any atom is -0.480 e. The fourth-order valence-electron chi connectivity index (χ4n) is 6.89. The van der Waals surface area contributed by atoms with Crippen LogP contribution in [-0.2, 0) is 14.3 Å². The number of ether oxygens (including phenoxy) is 3. The smallest absolute Gasteiger partial charge is 0.326 e. The Hall–Kier alpha value is -4.60. The summed E-state index contributed by atoms with van der Waals surface area (Å²) < 4.78 is 52.5. The molecule has 4 aromatic heterocycles. The molecule has 1 aromatic carbocycles. The number of hydrogen-bond acceptors (Lipinski definition) is 12. The summed E-state index contributed by atoms with van der Waals surface area (Å²) in [6, 6.07) is 11.7. The number of carbonyl (C=O) groups is 1. The molecule has 1 N–H and O–H groups in total. The van der Waals surface area contributed by atoms with E-state index in [2.05, 4.69) is 26.8 Å². The number of fused-ring (bicyclic) bond motifs is 3. The third kappa shape index (κ3) is 5.49. The highest BCUT2D eigenvalue weighted by Crippen LogP contribution is 2.42. The zero-order valence-electron chi connectivity index (χ0n) is 26.6. The molecule has 1 unspecified atom stereocenters. The van der Waals surface area contributed by atoms with E-state index in [0.29, 0.717) is 43.2 Å². The summed E-state index contributed by atoms with van der Waals surface area (Å²) in [6.07, 6.45) is 1.84. The van der Waals surface area contributed by atoms with E-state index in [1.807, 2.05) is 24.5 Å². The highest BCUT2D eigenvalue weighted by molar-refractivity contribution is 7.98. The number of furan rings is 1. The van der Waals surface area contributed by atoms with Gasteiger partial charge in [-0.05, 0) is 49.1 Å². The van der Waals surface area contributed by atoms with Crippen LogP contribution < -0.4 is 14.5 Å². The standard InChI is InChI=1S/C34H32F2N6O6S/c1-18-34(16-45-17-34)46-10-9-41(18)23-11-20(19-7-8-37-26(12-19)49-2)14-38-32(23)47-21-13-24(33(43)44)42(15-21)31-28-27(39-30(40-31)29(35)36)22-5-3-4-6-25(22)48-28/h3-8,11-12,14,18,21,24,29H,9-10,13,15-17H2,1-2H3,(H,43,44)/t18-,21-,24?/m0/s1. The third-order valence-electron chi connectivity index (χ3n) is 9.57. The number of pyridine rings is 2. The molecule has 254 valence electrons. The highest BCUT2D eigenvalue weighted by atomic mass is 32.2. The lowest BCUT2D eigenvalue weighted by molar-refractivity contribution is -0.228. The summed E-state index contributed by atoms with van der Waals surface area (Å²) in [5, 5.41) is 11.7. The van der Waals surface area contributed by atoms with Crippen LogP contribution in [0.2, 0.25) is 0 Å². The van der Waals surface area contributed by atoms with E-state index in [0.717, 1.165) is 21.8 Å². The van der Waals surface area contributed by atoms with Gasteiger partial charge >= 0.3 is 5.97 Å². The van der Waals surface area contributed by atoms with Gasteiger partial charge in [-0.3, -0.25) is 0 Å². The third-order valence-corrected chi connectivity index (χ3v) is 10.2. The summed E-state index contributed by atoms with van der Waals surface area (Å²) in [5.41, 5.74) is 2.84. The number of thioether (sulfide) groups is 1. The number of morpholine rings is 1. The number of nitrogens with zero attached hydrogens (tertiary/aromatic N) is 6. The maximum Gasteiger partial charge on any atom is 0.326 e. The number of aliphatic carboxylic acids is 1. The molecule has 3 atom stereocenters. The number of alkyl halides is 2. The Labute approximate surface area is 283 Å². The Morgan fingerprint density at radius 3 is 2.71 bits per heavy atom. The Balaban J connectivity index is 1.17. The van der Waals surface area contributed by atoms with Gasteiger partial charge < -0.3 is 33.5 Å². The summed E-state index contributed by atoms with van der Waals surface area (Å²) in [6.45, 7) is 4.13. The maximum atomic E-state index is 14.1. The van der Waals surface area contributed by atoms with Gasteiger partial charge in [-0.15, -0.1) is 11.8 Å². The van der Waals surface area contributed by atoms with Crippen molar-refractivity contribution < 1.29 is 37.3 Å². The number of para-hydroxylation sites is 1. The first-order valence-electron chi connectivity index (χ1n) is 15.9. The van der Waals surface area contributed by atoms with Crippen LogP contribution in [0.5, 0.6) is 5.88 Å². The van der Waals surface area contributed by atoms with Gasteiger partial charge in [0, 0.05) is 36.3 Å². The molecule has 3 fully saturated rings. The summed E-state index contributed by atoms with van der Waals surface area (Å²) in [7, 11) is 0. The fraction of sp³-hybridized carbons (Fsp3) is 0.382. The lowest BCUT2D eigenvalue weighted by atomic mass is 9.90. The molecule has 12 nitrogen and oxygen atoms in total. The lowest BCUT2D eigenvalue weighted by Crippen LogP contribution is -2.68. The Kier molecular flexibility index (Phi) is 8.00. The first kappa shape index (κ1) is 31.7. The average molecular weight is 691 g/mol. The fourth-order valence-corrected chi connectivity index (χ4v) is 7.30. The number of rotatable bonds is 8. The van der Waals surface area contributed by atoms with Gasteiger partial charge in [0.25, 0.3) is 6.43 Å². The van der Waals surface area contributed by atoms with Gasteiger partial charge in [0.15, 0.2) is 17.2 Å². The van der Waals surface area contributed by atoms with Crippen molar-refractivity contribution in [2.24, 2.45) is 0 Å². The van der Waals surface area contributed by atoms with Crippen LogP contribution in [0.4, 0.5) is 20.3 Å². The van der Waals surface area contributed by atoms with Gasteiger partial charge in [-0.1, -0.05) is 12.1 Å². The number of anilines is 2. The second-order valence-electron chi connectivity index (χ2n) is 12.4. The van der Waals surface area contributed by atoms with Crippen molar-refractivity contribution in [3.05, 3.63) is 60.7 Å². The van der Waals surface area contributed by atoms with Crippen molar-refractivity contribution in [1.29, 1.82) is 0 Å². The van der Waals surface area contributed by atoms with Crippen LogP contribution in [-0.4, -0.2) is 94.0 Å². The molecule has 1 spiro atoms. The molecular weight excluding hydrogens is 658 g/mol. The first-order chi connectivity index (χ1) is 23.7. The van der Waals surface area contributed by atoms with Gasteiger partial charge in [0.2, 0.25) is 5.88 Å². The highest BCUT2D eigenvalue weighted by Gasteiger charge is 2.50. The van der Waals surface area contributed by atoms with Gasteiger partial charge in [0.1, 0.15) is 34.5 Å². The monoisotopic (exact) mass is 690 g/mol. The Morgan fingerprint density at radius 2 is 1.96 bits per heavy atom. The first-order valence-corrected chi connectivity index (χ1v) is 17.1. The Morgan fingerprint density at radius 1 is 1.12 bits per heavy atom. The number of carboxylic acid groups (broad SMARTS) is 1. The Bertz CT molecular complexity index is 2060. The second kappa shape index (κ2) is 12.4. The maximum absolute atomic E-state index is 14.1. The van der Waals surface area contributed by atoms with E-state index in [4.69, 9.17) is 23.6 Å². The van der Waals surface area contributed by atoms with Crippen LogP contribution >= 0.6 is 11.8 Å². The molecule has 3 saturated heterocycles. The van der Waals surface area contributed by atoms with E-state index in [1.54, 1.807) is 48.4 Å². The molecule has 0 radical (unpaired) electrons. The lowest BCUT2D eigenvalue weighted by Gasteiger charge is -2.53. The predicted octanol–water partition coefficient (Wildman–Crippen LogP) is 5.60. The molecule has 5 aromatic rings. The summed E-state index contributed by atoms with van der Waals surface area (Å²) >= 11 is 1.54. The van der Waals surface area contributed by atoms with Gasteiger partial charge in [0.05, 0.1) is 37.4 Å². The quantitative estimate of drug-likeness (QED) is 0.203. The molecule has 3 aliphatic heterocycles. The molecular formula is C34H32F2N6O6S. The molecule has 0 amide bonds. The molecule has 8 rings (SSSR count). The van der Waals surface area contributed by atoms with Crippen LogP contribution in [0.1, 0.15) is 25.6 Å². The zero-order chi connectivity index (χ0) is 33.9. The topological polar surface area (TPSA) is 136 Å². The molecule has 7 heterocycles. The number of halogens is 2. The zero-order valence-corrected chi connectivity index (χ0v) is 27.4. The normalized spacial score (nSPS) is 21.9. The van der Waals surface area contributed by atoms with Gasteiger partial charge in [-0.2, -0.15) is 0 Å². The van der Waals surface area contributed by atoms with Crippen LogP contribution in [0, 0.1) is 0 Å². The minimum absolute atomic E-state index is 0.0189. The van der Waals surface area contributed by atoms with E-state index >= 15 is 0 Å². The summed E-state index contributed by atoms with van der Waals surface area (Å²) in [5.74, 6) is -1.55.